The van der Waals surface area contributed by atoms with Gasteiger partial charge in [-0.25, -0.2) is 0 Å². The SMILES string of the molecule is NC(=O)CCNc1ccc([N+](=O)[O-])cc1Br. The lowest BCUT2D eigenvalue weighted by Gasteiger charge is -2.06. The quantitative estimate of drug-likeness (QED) is 0.635. The first kappa shape index (κ1) is 12.4. The van der Waals surface area contributed by atoms with Gasteiger partial charge in [-0.3, -0.25) is 14.9 Å². The summed E-state index contributed by atoms with van der Waals surface area (Å²) >= 11 is 3.20. The molecule has 86 valence electrons. The van der Waals surface area contributed by atoms with Crippen LogP contribution in [-0.2, 0) is 4.79 Å². The van der Waals surface area contributed by atoms with Gasteiger partial charge < -0.3 is 11.1 Å². The van der Waals surface area contributed by atoms with Crippen molar-refractivity contribution in [2.75, 3.05) is 11.9 Å². The molecule has 7 heteroatoms. The summed E-state index contributed by atoms with van der Waals surface area (Å²) < 4.78 is 0.575. The first-order valence-corrected chi connectivity index (χ1v) is 5.26. The Morgan fingerprint density at radius 3 is 2.75 bits per heavy atom. The summed E-state index contributed by atoms with van der Waals surface area (Å²) in [5.74, 6) is -0.398. The van der Waals surface area contributed by atoms with Gasteiger partial charge in [0.05, 0.1) is 4.92 Å². The highest BCUT2D eigenvalue weighted by Gasteiger charge is 2.08. The Labute approximate surface area is 100 Å². The number of halogens is 1. The van der Waals surface area contributed by atoms with Gasteiger partial charge in [-0.1, -0.05) is 0 Å². The maximum Gasteiger partial charge on any atom is 0.270 e. The predicted molar refractivity (Wildman–Crippen MR) is 63.1 cm³/mol. The number of hydrogen-bond donors (Lipinski definition) is 2. The van der Waals surface area contributed by atoms with Crippen LogP contribution < -0.4 is 11.1 Å². The smallest absolute Gasteiger partial charge is 0.270 e. The number of primary amides is 1. The highest BCUT2D eigenvalue weighted by atomic mass is 79.9. The lowest BCUT2D eigenvalue weighted by molar-refractivity contribution is -0.384. The van der Waals surface area contributed by atoms with E-state index in [1.165, 1.54) is 12.1 Å². The minimum absolute atomic E-state index is 0.00678. The number of hydrogen-bond acceptors (Lipinski definition) is 4. The fourth-order valence-electron chi connectivity index (χ4n) is 1.08. The second-order valence-corrected chi connectivity index (χ2v) is 3.92. The molecule has 0 atom stereocenters. The number of nitrogens with two attached hydrogens (primary N) is 1. The molecule has 0 saturated heterocycles. The molecule has 0 heterocycles. The number of non-ortho nitro benzene ring substituents is 1. The zero-order valence-corrected chi connectivity index (χ0v) is 9.86. The molecule has 0 aliphatic rings. The lowest BCUT2D eigenvalue weighted by Crippen LogP contribution is -2.15. The molecule has 1 amide bonds. The van der Waals surface area contributed by atoms with Crippen LogP contribution >= 0.6 is 15.9 Å². The minimum atomic E-state index is -0.474. The number of nitro groups is 1. The molecule has 0 aliphatic carbocycles. The molecular weight excluding hydrogens is 278 g/mol. The van der Waals surface area contributed by atoms with Crippen molar-refractivity contribution in [2.24, 2.45) is 5.73 Å². The highest BCUT2D eigenvalue weighted by Crippen LogP contribution is 2.26. The Morgan fingerprint density at radius 2 is 2.25 bits per heavy atom. The van der Waals surface area contributed by atoms with Crippen molar-refractivity contribution in [3.8, 4) is 0 Å². The average molecular weight is 288 g/mol. The zero-order chi connectivity index (χ0) is 12.1. The van der Waals surface area contributed by atoms with Crippen molar-refractivity contribution in [3.05, 3.63) is 32.8 Å². The summed E-state index contributed by atoms with van der Waals surface area (Å²) in [6, 6.07) is 4.35. The van der Waals surface area contributed by atoms with E-state index < -0.39 is 10.8 Å². The fourth-order valence-corrected chi connectivity index (χ4v) is 1.59. The van der Waals surface area contributed by atoms with E-state index in [1.54, 1.807) is 6.07 Å². The van der Waals surface area contributed by atoms with Crippen LogP contribution in [0.4, 0.5) is 11.4 Å². The van der Waals surface area contributed by atoms with Gasteiger partial charge in [-0.2, -0.15) is 0 Å². The molecule has 3 N–H and O–H groups in total. The van der Waals surface area contributed by atoms with Crippen molar-refractivity contribution in [2.45, 2.75) is 6.42 Å². The van der Waals surface area contributed by atoms with E-state index in [9.17, 15) is 14.9 Å². The van der Waals surface area contributed by atoms with Crippen LogP contribution in [0.3, 0.4) is 0 Å². The third kappa shape index (κ3) is 3.50. The molecule has 0 fully saturated rings. The molecule has 0 aliphatic heterocycles. The van der Waals surface area contributed by atoms with Gasteiger partial charge in [0, 0.05) is 35.3 Å². The molecule has 0 radical (unpaired) electrons. The third-order valence-corrected chi connectivity index (χ3v) is 2.51. The van der Waals surface area contributed by atoms with Crippen LogP contribution in [0.1, 0.15) is 6.42 Å². The third-order valence-electron chi connectivity index (χ3n) is 1.85. The Hall–Kier alpha value is -1.63. The number of nitrogens with one attached hydrogen (secondary N) is 1. The molecule has 6 nitrogen and oxygen atoms in total. The molecule has 0 aromatic heterocycles. The number of nitro benzene ring substituents is 1. The molecule has 0 saturated carbocycles. The highest BCUT2D eigenvalue weighted by molar-refractivity contribution is 9.10. The van der Waals surface area contributed by atoms with Gasteiger partial charge in [0.25, 0.3) is 5.69 Å². The summed E-state index contributed by atoms with van der Waals surface area (Å²) in [5.41, 5.74) is 5.67. The van der Waals surface area contributed by atoms with Crippen LogP contribution in [0.25, 0.3) is 0 Å². The van der Waals surface area contributed by atoms with Crippen LogP contribution in [0.2, 0.25) is 0 Å². The fraction of sp³-hybridized carbons (Fsp3) is 0.222. The van der Waals surface area contributed by atoms with Crippen molar-refractivity contribution in [3.63, 3.8) is 0 Å². The van der Waals surface area contributed by atoms with E-state index >= 15 is 0 Å². The van der Waals surface area contributed by atoms with Crippen LogP contribution in [0, 0.1) is 10.1 Å². The summed E-state index contributed by atoms with van der Waals surface area (Å²) in [4.78, 5) is 20.5. The molecule has 0 spiro atoms. The second-order valence-electron chi connectivity index (χ2n) is 3.06. The summed E-state index contributed by atoms with van der Waals surface area (Å²) in [5, 5.41) is 13.4. The number of carbonyl (C=O) groups excluding carboxylic acids is 1. The van der Waals surface area contributed by atoms with Gasteiger partial charge in [0.15, 0.2) is 0 Å². The standard InChI is InChI=1S/C9H10BrN3O3/c10-7-5-6(13(15)16)1-2-8(7)12-4-3-9(11)14/h1-2,5,12H,3-4H2,(H2,11,14). The summed E-state index contributed by atoms with van der Waals surface area (Å²) in [7, 11) is 0. The maximum absolute atomic E-state index is 10.5. The van der Waals surface area contributed by atoms with Crippen molar-refractivity contribution >= 4 is 33.2 Å². The van der Waals surface area contributed by atoms with Crippen molar-refractivity contribution in [1.29, 1.82) is 0 Å². The Balaban J connectivity index is 2.68. The van der Waals surface area contributed by atoms with E-state index in [0.717, 1.165) is 0 Å². The molecule has 16 heavy (non-hydrogen) atoms. The minimum Gasteiger partial charge on any atom is -0.384 e. The average Bonchev–Trinajstić information content (AvgIpc) is 2.19. The van der Waals surface area contributed by atoms with Gasteiger partial charge in [0.1, 0.15) is 0 Å². The van der Waals surface area contributed by atoms with E-state index in [4.69, 9.17) is 5.73 Å². The molecule has 1 rings (SSSR count). The van der Waals surface area contributed by atoms with Crippen LogP contribution in [0.15, 0.2) is 22.7 Å². The number of anilines is 1. The molecule has 1 aromatic rings. The van der Waals surface area contributed by atoms with Crippen molar-refractivity contribution < 1.29 is 9.72 Å². The number of amides is 1. The van der Waals surface area contributed by atoms with E-state index in [0.29, 0.717) is 16.7 Å². The predicted octanol–water partition coefficient (Wildman–Crippen LogP) is 1.64. The van der Waals surface area contributed by atoms with Crippen LogP contribution in [0.5, 0.6) is 0 Å². The van der Waals surface area contributed by atoms with Gasteiger partial charge in [-0.05, 0) is 22.0 Å². The normalized spacial score (nSPS) is 9.81. The second kappa shape index (κ2) is 5.45. The molecule has 0 unspecified atom stereocenters. The summed E-state index contributed by atoms with van der Waals surface area (Å²) in [6.07, 6.45) is 0.212. The number of rotatable bonds is 5. The topological polar surface area (TPSA) is 98.3 Å². The van der Waals surface area contributed by atoms with Gasteiger partial charge in [-0.15, -0.1) is 0 Å². The van der Waals surface area contributed by atoms with Gasteiger partial charge >= 0.3 is 0 Å². The lowest BCUT2D eigenvalue weighted by atomic mass is 10.3. The van der Waals surface area contributed by atoms with Crippen molar-refractivity contribution in [1.82, 2.24) is 0 Å². The first-order valence-electron chi connectivity index (χ1n) is 4.47. The Bertz CT molecular complexity index is 422. The number of nitrogens with zero attached hydrogens (tertiary/aromatic N) is 1. The largest absolute Gasteiger partial charge is 0.384 e. The van der Waals surface area contributed by atoms with E-state index in [2.05, 4.69) is 21.2 Å². The summed E-state index contributed by atoms with van der Waals surface area (Å²) in [6.45, 7) is 0.395. The van der Waals surface area contributed by atoms with E-state index in [-0.39, 0.29) is 12.1 Å². The Morgan fingerprint density at radius 1 is 1.56 bits per heavy atom. The van der Waals surface area contributed by atoms with Crippen LogP contribution in [-0.4, -0.2) is 17.4 Å². The van der Waals surface area contributed by atoms with E-state index in [1.807, 2.05) is 0 Å². The molecule has 0 bridgehead atoms. The maximum atomic E-state index is 10.5. The number of benzene rings is 1. The number of carbonyl (C=O) groups is 1. The van der Waals surface area contributed by atoms with Gasteiger partial charge in [0.2, 0.25) is 5.91 Å². The molecule has 1 aromatic carbocycles. The first-order chi connectivity index (χ1) is 7.50. The molecular formula is C9H10BrN3O3. The monoisotopic (exact) mass is 287 g/mol. The zero-order valence-electron chi connectivity index (χ0n) is 8.27. The Kier molecular flexibility index (Phi) is 4.24.